The summed E-state index contributed by atoms with van der Waals surface area (Å²) >= 11 is 0. The van der Waals surface area contributed by atoms with Gasteiger partial charge in [-0.15, -0.1) is 0 Å². The summed E-state index contributed by atoms with van der Waals surface area (Å²) in [6.07, 6.45) is 43.2. The highest BCUT2D eigenvalue weighted by Gasteiger charge is 2.30. The largest absolute Gasteiger partial charge is 0.472 e. The Morgan fingerprint density at radius 3 is 0.826 bits per heavy atom. The van der Waals surface area contributed by atoms with Crippen LogP contribution in [0.25, 0.3) is 0 Å². The van der Waals surface area contributed by atoms with Crippen molar-refractivity contribution >= 4 is 39.5 Å². The fourth-order valence-corrected chi connectivity index (χ4v) is 11.6. The van der Waals surface area contributed by atoms with Gasteiger partial charge in [0.05, 0.1) is 26.4 Å². The molecule has 0 aliphatic heterocycles. The van der Waals surface area contributed by atoms with E-state index in [1.54, 1.807) is 0 Å². The van der Waals surface area contributed by atoms with Gasteiger partial charge in [0, 0.05) is 25.7 Å². The van der Waals surface area contributed by atoms with Crippen LogP contribution < -0.4 is 0 Å². The fourth-order valence-electron chi connectivity index (χ4n) is 10.00. The van der Waals surface area contributed by atoms with Gasteiger partial charge in [0.1, 0.15) is 19.3 Å². The Morgan fingerprint density at radius 2 is 0.558 bits per heavy atom. The molecule has 0 rings (SSSR count). The predicted molar refractivity (Wildman–Crippen MR) is 345 cm³/mol. The monoisotopic (exact) mass is 1270 g/mol. The first-order valence-electron chi connectivity index (χ1n) is 35.1. The number of ether oxygens (including phenoxy) is 4. The highest BCUT2D eigenvalue weighted by atomic mass is 31.2. The number of carbonyl (C=O) groups excluding carboxylic acids is 4. The van der Waals surface area contributed by atoms with Gasteiger partial charge in [-0.05, 0) is 37.5 Å². The van der Waals surface area contributed by atoms with Gasteiger partial charge < -0.3 is 33.8 Å². The van der Waals surface area contributed by atoms with Gasteiger partial charge in [-0.1, -0.05) is 286 Å². The van der Waals surface area contributed by atoms with E-state index >= 15 is 0 Å². The van der Waals surface area contributed by atoms with Gasteiger partial charge in [0.2, 0.25) is 0 Å². The Kier molecular flexibility index (Phi) is 58.0. The molecular weight excluding hydrogens is 1140 g/mol. The van der Waals surface area contributed by atoms with Crippen molar-refractivity contribution < 1.29 is 80.2 Å². The summed E-state index contributed by atoms with van der Waals surface area (Å²) in [4.78, 5) is 72.2. The topological polar surface area (TPSA) is 237 Å². The van der Waals surface area contributed by atoms with Gasteiger partial charge in [0.25, 0.3) is 0 Å². The quantitative estimate of drug-likeness (QED) is 0.0222. The summed E-state index contributed by atoms with van der Waals surface area (Å²) < 4.78 is 68.0. The zero-order valence-electron chi connectivity index (χ0n) is 55.6. The Hall–Kier alpha value is -1.94. The lowest BCUT2D eigenvalue weighted by Crippen LogP contribution is -2.30. The normalized spacial score (nSPS) is 14.8. The zero-order valence-corrected chi connectivity index (χ0v) is 57.4. The lowest BCUT2D eigenvalue weighted by Gasteiger charge is -2.21. The summed E-state index contributed by atoms with van der Waals surface area (Å²) in [6, 6.07) is 0. The van der Waals surface area contributed by atoms with Crippen molar-refractivity contribution in [1.29, 1.82) is 0 Å². The minimum absolute atomic E-state index is 0.104. The summed E-state index contributed by atoms with van der Waals surface area (Å²) in [6.45, 7) is 9.46. The molecule has 3 N–H and O–H groups in total. The van der Waals surface area contributed by atoms with Crippen LogP contribution >= 0.6 is 15.6 Å². The lowest BCUT2D eigenvalue weighted by atomic mass is 9.99. The number of hydrogen-bond donors (Lipinski definition) is 3. The van der Waals surface area contributed by atoms with Crippen LogP contribution in [0.3, 0.4) is 0 Å². The molecule has 0 aromatic carbocycles. The number of carbonyl (C=O) groups is 4. The van der Waals surface area contributed by atoms with Crippen LogP contribution in [0, 0.1) is 11.8 Å². The molecule has 0 fully saturated rings. The molecule has 86 heavy (non-hydrogen) atoms. The van der Waals surface area contributed by atoms with Crippen molar-refractivity contribution in [3.63, 3.8) is 0 Å². The zero-order chi connectivity index (χ0) is 63.6. The van der Waals surface area contributed by atoms with Crippen molar-refractivity contribution in [3.05, 3.63) is 0 Å². The number of aliphatic hydroxyl groups excluding tert-OH is 1. The maximum Gasteiger partial charge on any atom is 0.472 e. The van der Waals surface area contributed by atoms with Crippen molar-refractivity contribution in [1.82, 2.24) is 0 Å². The third-order valence-corrected chi connectivity index (χ3v) is 18.1. The molecule has 0 aliphatic rings. The molecule has 0 amide bonds. The average molecular weight is 1270 g/mol. The first-order valence-corrected chi connectivity index (χ1v) is 38.1. The van der Waals surface area contributed by atoms with Crippen LogP contribution in [0.5, 0.6) is 0 Å². The van der Waals surface area contributed by atoms with Crippen molar-refractivity contribution in [2.24, 2.45) is 11.8 Å². The highest BCUT2D eigenvalue weighted by molar-refractivity contribution is 7.47. The molecule has 0 aromatic heterocycles. The Morgan fingerprint density at radius 1 is 0.326 bits per heavy atom. The Balaban J connectivity index is 5.18. The van der Waals surface area contributed by atoms with Crippen LogP contribution in [0.4, 0.5) is 0 Å². The van der Waals surface area contributed by atoms with E-state index in [2.05, 4.69) is 41.5 Å². The maximum absolute atomic E-state index is 13.0. The number of hydrogen-bond acceptors (Lipinski definition) is 15. The predicted octanol–water partition coefficient (Wildman–Crippen LogP) is 18.8. The fraction of sp³-hybridized carbons (Fsp3) is 0.940. The van der Waals surface area contributed by atoms with E-state index in [-0.39, 0.29) is 25.7 Å². The second-order valence-corrected chi connectivity index (χ2v) is 27.6. The number of unbranched alkanes of at least 4 members (excludes halogenated alkanes) is 34. The number of aliphatic hydroxyl groups is 1. The first-order chi connectivity index (χ1) is 41.4. The van der Waals surface area contributed by atoms with Gasteiger partial charge in [0.15, 0.2) is 12.2 Å². The van der Waals surface area contributed by atoms with Crippen LogP contribution in [0.1, 0.15) is 337 Å². The minimum atomic E-state index is -4.95. The van der Waals surface area contributed by atoms with E-state index < -0.39 is 97.5 Å². The van der Waals surface area contributed by atoms with Crippen molar-refractivity contribution in [3.8, 4) is 0 Å². The summed E-state index contributed by atoms with van der Waals surface area (Å²) in [5.74, 6) is -0.560. The molecule has 4 unspecified atom stereocenters. The van der Waals surface area contributed by atoms with Crippen LogP contribution in [0.2, 0.25) is 0 Å². The van der Waals surface area contributed by atoms with E-state index in [1.165, 1.54) is 148 Å². The first kappa shape index (κ1) is 84.1. The second kappa shape index (κ2) is 59.4. The Bertz CT molecular complexity index is 1690. The SMILES string of the molecule is CCCCCCCCCCCCCCCCCC(=O)O[C@H](COC(=O)CCCCCCCCCCCCC(C)CC)COP(=O)(O)OC[C@@H](O)COP(=O)(O)OC[C@@H](COC(=O)CCCCCCC)OC(=O)CCCCCCCCCCC(C)CC. The van der Waals surface area contributed by atoms with Gasteiger partial charge in [-0.3, -0.25) is 37.3 Å². The standard InChI is InChI=1S/C67H130O17P2/c1-7-11-13-15-16-17-18-19-20-21-22-27-33-39-45-51-66(71)84-63(56-78-65(70)50-44-38-32-26-24-23-25-30-36-41-47-59(5)9-3)58-82-86(75,76)80-54-61(68)53-79-85(73,74)81-57-62(55-77-64(69)49-43-35-14-12-8-2)83-67(72)52-46-40-34-29-28-31-37-42-48-60(6)10-4/h59-63,68H,7-58H2,1-6H3,(H,73,74)(H,75,76)/t59?,60?,61-,62+,63+/m0/s1. The van der Waals surface area contributed by atoms with Crippen LogP contribution in [-0.4, -0.2) is 96.7 Å². The van der Waals surface area contributed by atoms with Crippen molar-refractivity contribution in [2.75, 3.05) is 39.6 Å². The number of phosphoric ester groups is 2. The lowest BCUT2D eigenvalue weighted by molar-refractivity contribution is -0.161. The van der Waals surface area contributed by atoms with E-state index in [0.717, 1.165) is 108 Å². The average Bonchev–Trinajstić information content (AvgIpc) is 3.56. The highest BCUT2D eigenvalue weighted by Crippen LogP contribution is 2.45. The second-order valence-electron chi connectivity index (χ2n) is 24.7. The van der Waals surface area contributed by atoms with Gasteiger partial charge >= 0.3 is 39.5 Å². The molecular formula is C67H130O17P2. The van der Waals surface area contributed by atoms with Gasteiger partial charge in [-0.2, -0.15) is 0 Å². The molecule has 0 saturated carbocycles. The molecule has 0 radical (unpaired) electrons. The molecule has 0 heterocycles. The van der Waals surface area contributed by atoms with E-state index in [1.807, 2.05) is 0 Å². The molecule has 0 spiro atoms. The van der Waals surface area contributed by atoms with Crippen LogP contribution in [-0.2, 0) is 65.4 Å². The molecule has 0 bridgehead atoms. The molecule has 0 aliphatic carbocycles. The molecule has 510 valence electrons. The molecule has 17 nitrogen and oxygen atoms in total. The molecule has 0 aromatic rings. The number of esters is 4. The van der Waals surface area contributed by atoms with E-state index in [0.29, 0.717) is 25.7 Å². The van der Waals surface area contributed by atoms with Crippen molar-refractivity contribution in [2.45, 2.75) is 355 Å². The minimum Gasteiger partial charge on any atom is -0.462 e. The molecule has 0 saturated heterocycles. The van der Waals surface area contributed by atoms with Gasteiger partial charge in [-0.25, -0.2) is 9.13 Å². The van der Waals surface area contributed by atoms with E-state index in [4.69, 9.17) is 37.0 Å². The molecule has 7 atom stereocenters. The maximum atomic E-state index is 13.0. The van der Waals surface area contributed by atoms with Crippen LogP contribution in [0.15, 0.2) is 0 Å². The smallest absolute Gasteiger partial charge is 0.462 e. The number of rotatable bonds is 66. The third-order valence-electron chi connectivity index (χ3n) is 16.2. The Labute approximate surface area is 524 Å². The number of phosphoric acid groups is 2. The third kappa shape index (κ3) is 58.4. The summed E-state index contributed by atoms with van der Waals surface area (Å²) in [5, 5.41) is 10.5. The molecule has 19 heteroatoms. The summed E-state index contributed by atoms with van der Waals surface area (Å²) in [7, 11) is -9.89. The van der Waals surface area contributed by atoms with E-state index in [9.17, 15) is 43.2 Å². The summed E-state index contributed by atoms with van der Waals surface area (Å²) in [5.41, 5.74) is 0.